The first-order chi connectivity index (χ1) is 10.8. The molecule has 0 bridgehead atoms. The molecule has 1 aliphatic rings. The van der Waals surface area contributed by atoms with Crippen LogP contribution in [0.15, 0.2) is 18.2 Å². The standard InChI is InChI=1S/C14H13N5O3S/c1-23(21,22)19-6-11-12(7-19)17-18-13(11)10-4-8(5-15)2-3-9(10)14(16)20/h2-4H,6-7H2,1H3,(H2,16,20)(H,17,18). The van der Waals surface area contributed by atoms with Gasteiger partial charge in [-0.2, -0.15) is 14.7 Å². The summed E-state index contributed by atoms with van der Waals surface area (Å²) in [5, 5.41) is 16.0. The highest BCUT2D eigenvalue weighted by Gasteiger charge is 2.31. The zero-order valence-electron chi connectivity index (χ0n) is 12.2. The minimum absolute atomic E-state index is 0.162. The van der Waals surface area contributed by atoms with Gasteiger partial charge in [-0.3, -0.25) is 9.89 Å². The van der Waals surface area contributed by atoms with Crippen molar-refractivity contribution in [1.82, 2.24) is 14.5 Å². The number of amides is 1. The molecule has 3 rings (SSSR count). The van der Waals surface area contributed by atoms with Crippen LogP contribution in [0.5, 0.6) is 0 Å². The second-order valence-electron chi connectivity index (χ2n) is 5.30. The highest BCUT2D eigenvalue weighted by Crippen LogP contribution is 2.33. The first kappa shape index (κ1) is 15.2. The molecule has 0 radical (unpaired) electrons. The third-order valence-electron chi connectivity index (χ3n) is 3.76. The number of H-pyrrole nitrogens is 1. The number of nitrogens with zero attached hydrogens (tertiary/aromatic N) is 3. The van der Waals surface area contributed by atoms with Gasteiger partial charge in [-0.05, 0) is 18.2 Å². The first-order valence-electron chi connectivity index (χ1n) is 6.67. The molecule has 9 heteroatoms. The molecule has 1 amide bonds. The smallest absolute Gasteiger partial charge is 0.249 e. The van der Waals surface area contributed by atoms with Gasteiger partial charge in [0.15, 0.2) is 0 Å². The lowest BCUT2D eigenvalue weighted by atomic mass is 9.98. The van der Waals surface area contributed by atoms with E-state index in [0.29, 0.717) is 28.1 Å². The Bertz CT molecular complexity index is 955. The van der Waals surface area contributed by atoms with Crippen molar-refractivity contribution in [2.75, 3.05) is 6.26 Å². The Morgan fingerprint density at radius 3 is 2.78 bits per heavy atom. The summed E-state index contributed by atoms with van der Waals surface area (Å²) in [5.74, 6) is -0.640. The third kappa shape index (κ3) is 2.58. The van der Waals surface area contributed by atoms with Crippen molar-refractivity contribution in [3.8, 4) is 17.3 Å². The van der Waals surface area contributed by atoms with Crippen molar-refractivity contribution in [1.29, 1.82) is 5.26 Å². The van der Waals surface area contributed by atoms with Crippen LogP contribution in [-0.2, 0) is 23.1 Å². The van der Waals surface area contributed by atoms with Gasteiger partial charge in [0.25, 0.3) is 0 Å². The van der Waals surface area contributed by atoms with E-state index < -0.39 is 15.9 Å². The highest BCUT2D eigenvalue weighted by atomic mass is 32.2. The number of nitrogens with one attached hydrogen (secondary N) is 1. The van der Waals surface area contributed by atoms with Crippen molar-refractivity contribution in [3.63, 3.8) is 0 Å². The van der Waals surface area contributed by atoms with Gasteiger partial charge < -0.3 is 5.73 Å². The molecule has 0 atom stereocenters. The van der Waals surface area contributed by atoms with Crippen LogP contribution in [0.3, 0.4) is 0 Å². The van der Waals surface area contributed by atoms with Gasteiger partial charge in [0.05, 0.1) is 35.8 Å². The summed E-state index contributed by atoms with van der Waals surface area (Å²) in [6, 6.07) is 6.50. The number of rotatable bonds is 3. The number of aromatic nitrogens is 2. The van der Waals surface area contributed by atoms with E-state index in [1.54, 1.807) is 0 Å². The minimum Gasteiger partial charge on any atom is -0.366 e. The Morgan fingerprint density at radius 2 is 2.17 bits per heavy atom. The molecule has 0 fully saturated rings. The van der Waals surface area contributed by atoms with Crippen molar-refractivity contribution >= 4 is 15.9 Å². The van der Waals surface area contributed by atoms with Crippen molar-refractivity contribution < 1.29 is 13.2 Å². The van der Waals surface area contributed by atoms with E-state index in [1.165, 1.54) is 22.5 Å². The van der Waals surface area contributed by atoms with Gasteiger partial charge in [-0.15, -0.1) is 0 Å². The number of hydrogen-bond donors (Lipinski definition) is 2. The molecule has 0 unspecified atom stereocenters. The SMILES string of the molecule is CS(=O)(=O)N1Cc2[nH]nc(-c3cc(C#N)ccc3C(N)=O)c2C1. The molecular weight excluding hydrogens is 318 g/mol. The lowest BCUT2D eigenvalue weighted by Crippen LogP contribution is -2.24. The molecule has 0 saturated carbocycles. The number of aromatic amines is 1. The van der Waals surface area contributed by atoms with E-state index in [0.717, 1.165) is 6.26 Å². The zero-order valence-corrected chi connectivity index (χ0v) is 13.0. The molecule has 2 aromatic rings. The highest BCUT2D eigenvalue weighted by molar-refractivity contribution is 7.88. The van der Waals surface area contributed by atoms with Crippen molar-refractivity contribution in [3.05, 3.63) is 40.6 Å². The summed E-state index contributed by atoms with van der Waals surface area (Å²) >= 11 is 0. The number of nitriles is 1. The minimum atomic E-state index is -3.34. The number of primary amides is 1. The molecule has 23 heavy (non-hydrogen) atoms. The number of sulfonamides is 1. The monoisotopic (exact) mass is 331 g/mol. The fourth-order valence-corrected chi connectivity index (χ4v) is 3.32. The van der Waals surface area contributed by atoms with Crippen molar-refractivity contribution in [2.24, 2.45) is 5.73 Å². The van der Waals surface area contributed by atoms with Gasteiger partial charge in [0.1, 0.15) is 0 Å². The van der Waals surface area contributed by atoms with E-state index in [1.807, 2.05) is 6.07 Å². The Labute approximate surface area is 132 Å². The van der Waals surface area contributed by atoms with Crippen LogP contribution in [0.2, 0.25) is 0 Å². The second-order valence-corrected chi connectivity index (χ2v) is 7.28. The maximum Gasteiger partial charge on any atom is 0.249 e. The van der Waals surface area contributed by atoms with Crippen molar-refractivity contribution in [2.45, 2.75) is 13.1 Å². The second kappa shape index (κ2) is 5.19. The predicted octanol–water partition coefficient (Wildman–Crippen LogP) is 0.322. The summed E-state index contributed by atoms with van der Waals surface area (Å²) < 4.78 is 24.7. The quantitative estimate of drug-likeness (QED) is 0.835. The summed E-state index contributed by atoms with van der Waals surface area (Å²) in [7, 11) is -3.34. The van der Waals surface area contributed by atoms with Crippen LogP contribution in [0, 0.1) is 11.3 Å². The Hall–Kier alpha value is -2.70. The van der Waals surface area contributed by atoms with Crippen LogP contribution < -0.4 is 5.73 Å². The van der Waals surface area contributed by atoms with E-state index in [2.05, 4.69) is 10.2 Å². The van der Waals surface area contributed by atoms with Crippen LogP contribution in [-0.4, -0.2) is 35.1 Å². The maximum atomic E-state index is 11.7. The Balaban J connectivity index is 2.13. The predicted molar refractivity (Wildman–Crippen MR) is 81.3 cm³/mol. The maximum absolute atomic E-state index is 11.7. The van der Waals surface area contributed by atoms with E-state index >= 15 is 0 Å². The number of carbonyl (C=O) groups excluding carboxylic acids is 1. The van der Waals surface area contributed by atoms with Crippen LogP contribution in [0.25, 0.3) is 11.3 Å². The molecule has 0 spiro atoms. The average Bonchev–Trinajstić information content (AvgIpc) is 3.05. The average molecular weight is 331 g/mol. The molecule has 2 heterocycles. The van der Waals surface area contributed by atoms with Crippen LogP contribution in [0.4, 0.5) is 0 Å². The van der Waals surface area contributed by atoms with Gasteiger partial charge in [-0.1, -0.05) is 0 Å². The third-order valence-corrected chi connectivity index (χ3v) is 4.96. The number of carbonyl (C=O) groups is 1. The number of fused-ring (bicyclic) bond motifs is 1. The largest absolute Gasteiger partial charge is 0.366 e. The number of benzene rings is 1. The summed E-state index contributed by atoms with van der Waals surface area (Å²) in [5.41, 5.74) is 8.20. The Kier molecular flexibility index (Phi) is 3.43. The van der Waals surface area contributed by atoms with Gasteiger partial charge in [0, 0.05) is 23.2 Å². The molecule has 1 aromatic carbocycles. The van der Waals surface area contributed by atoms with Gasteiger partial charge >= 0.3 is 0 Å². The molecule has 8 nitrogen and oxygen atoms in total. The first-order valence-corrected chi connectivity index (χ1v) is 8.51. The summed E-state index contributed by atoms with van der Waals surface area (Å²) in [4.78, 5) is 11.6. The normalized spacial score (nSPS) is 14.4. The topological polar surface area (TPSA) is 133 Å². The molecule has 3 N–H and O–H groups in total. The molecule has 0 saturated heterocycles. The lowest BCUT2D eigenvalue weighted by molar-refractivity contribution is 0.100. The van der Waals surface area contributed by atoms with E-state index in [9.17, 15) is 13.2 Å². The molecule has 0 aliphatic carbocycles. The molecule has 1 aromatic heterocycles. The van der Waals surface area contributed by atoms with E-state index in [4.69, 9.17) is 11.0 Å². The molecule has 118 valence electrons. The van der Waals surface area contributed by atoms with E-state index in [-0.39, 0.29) is 18.7 Å². The lowest BCUT2D eigenvalue weighted by Gasteiger charge is -2.12. The zero-order chi connectivity index (χ0) is 16.8. The number of nitrogens with two attached hydrogens (primary N) is 1. The molecular formula is C14H13N5O3S. The number of hydrogen-bond acceptors (Lipinski definition) is 5. The molecule has 1 aliphatic heterocycles. The Morgan fingerprint density at radius 1 is 1.43 bits per heavy atom. The van der Waals surface area contributed by atoms with Crippen LogP contribution in [0.1, 0.15) is 27.2 Å². The fourth-order valence-electron chi connectivity index (χ4n) is 2.59. The van der Waals surface area contributed by atoms with Gasteiger partial charge in [0.2, 0.25) is 15.9 Å². The van der Waals surface area contributed by atoms with Gasteiger partial charge in [-0.25, -0.2) is 8.42 Å². The summed E-state index contributed by atoms with van der Waals surface area (Å²) in [6.45, 7) is 0.361. The summed E-state index contributed by atoms with van der Waals surface area (Å²) in [6.07, 6.45) is 1.14. The fraction of sp³-hybridized carbons (Fsp3) is 0.214. The van der Waals surface area contributed by atoms with Crippen LogP contribution >= 0.6 is 0 Å².